The molecule has 1 aliphatic heterocycles. The fourth-order valence-electron chi connectivity index (χ4n) is 3.41. The average Bonchev–Trinajstić information content (AvgIpc) is 2.81. The molecule has 0 spiro atoms. The molecule has 0 saturated carbocycles. The normalized spacial score (nSPS) is 13.7. The SMILES string of the molecule is O=C(Nc1ccc(CC(=O)N2CCN(c3ncccn3)CC2)cc1)c1ccc(F)cc1. The molecule has 1 N–H and O–H groups in total. The van der Waals surface area contributed by atoms with Gasteiger partial charge in [0.15, 0.2) is 0 Å². The van der Waals surface area contributed by atoms with Gasteiger partial charge in [-0.25, -0.2) is 14.4 Å². The highest BCUT2D eigenvalue weighted by Gasteiger charge is 2.22. The first-order valence-corrected chi connectivity index (χ1v) is 10.0. The Morgan fingerprint density at radius 1 is 0.903 bits per heavy atom. The number of carbonyl (C=O) groups is 2. The van der Waals surface area contributed by atoms with E-state index in [9.17, 15) is 14.0 Å². The fourth-order valence-corrected chi connectivity index (χ4v) is 3.41. The van der Waals surface area contributed by atoms with E-state index in [1.165, 1.54) is 24.3 Å². The Hall–Kier alpha value is -3.81. The Kier molecular flexibility index (Phi) is 6.16. The molecule has 2 heterocycles. The van der Waals surface area contributed by atoms with Crippen LogP contribution in [0.25, 0.3) is 0 Å². The van der Waals surface area contributed by atoms with Crippen molar-refractivity contribution in [2.75, 3.05) is 36.4 Å². The van der Waals surface area contributed by atoms with Gasteiger partial charge in [0.05, 0.1) is 6.42 Å². The van der Waals surface area contributed by atoms with Gasteiger partial charge in [0, 0.05) is 49.8 Å². The molecule has 4 rings (SSSR count). The number of benzene rings is 2. The van der Waals surface area contributed by atoms with Crippen molar-refractivity contribution in [2.45, 2.75) is 6.42 Å². The number of anilines is 2. The van der Waals surface area contributed by atoms with Crippen molar-refractivity contribution in [3.8, 4) is 0 Å². The topological polar surface area (TPSA) is 78.4 Å². The van der Waals surface area contributed by atoms with Crippen LogP contribution in [0.5, 0.6) is 0 Å². The maximum atomic E-state index is 13.0. The predicted molar refractivity (Wildman–Crippen MR) is 115 cm³/mol. The maximum absolute atomic E-state index is 13.0. The number of piperazine rings is 1. The highest BCUT2D eigenvalue weighted by Crippen LogP contribution is 2.15. The molecule has 2 amide bonds. The first kappa shape index (κ1) is 20.5. The van der Waals surface area contributed by atoms with E-state index in [0.29, 0.717) is 49.8 Å². The van der Waals surface area contributed by atoms with E-state index in [0.717, 1.165) is 5.56 Å². The van der Waals surface area contributed by atoms with Gasteiger partial charge in [-0.15, -0.1) is 0 Å². The second-order valence-corrected chi connectivity index (χ2v) is 7.25. The molecule has 0 bridgehead atoms. The lowest BCUT2D eigenvalue weighted by Crippen LogP contribution is -2.49. The summed E-state index contributed by atoms with van der Waals surface area (Å²) in [5, 5.41) is 2.77. The smallest absolute Gasteiger partial charge is 0.255 e. The summed E-state index contributed by atoms with van der Waals surface area (Å²) in [5.41, 5.74) is 1.86. The number of nitrogens with one attached hydrogen (secondary N) is 1. The highest BCUT2D eigenvalue weighted by atomic mass is 19.1. The number of aromatic nitrogens is 2. The zero-order valence-electron chi connectivity index (χ0n) is 16.9. The second-order valence-electron chi connectivity index (χ2n) is 7.25. The zero-order chi connectivity index (χ0) is 21.6. The highest BCUT2D eigenvalue weighted by molar-refractivity contribution is 6.04. The van der Waals surface area contributed by atoms with Gasteiger partial charge >= 0.3 is 0 Å². The molecule has 1 fully saturated rings. The van der Waals surface area contributed by atoms with Crippen LogP contribution < -0.4 is 10.2 Å². The van der Waals surface area contributed by atoms with Crippen LogP contribution in [-0.2, 0) is 11.2 Å². The lowest BCUT2D eigenvalue weighted by Gasteiger charge is -2.34. The van der Waals surface area contributed by atoms with Gasteiger partial charge < -0.3 is 15.1 Å². The Morgan fingerprint density at radius 3 is 2.19 bits per heavy atom. The summed E-state index contributed by atoms with van der Waals surface area (Å²) in [6, 6.07) is 14.3. The fraction of sp³-hybridized carbons (Fsp3) is 0.217. The predicted octanol–water partition coefficient (Wildman–Crippen LogP) is 2.76. The third kappa shape index (κ3) is 5.22. The van der Waals surface area contributed by atoms with E-state index >= 15 is 0 Å². The summed E-state index contributed by atoms with van der Waals surface area (Å²) >= 11 is 0. The van der Waals surface area contributed by atoms with Crippen LogP contribution >= 0.6 is 0 Å². The van der Waals surface area contributed by atoms with Crippen molar-refractivity contribution >= 4 is 23.5 Å². The van der Waals surface area contributed by atoms with E-state index in [1.807, 2.05) is 17.0 Å². The van der Waals surface area contributed by atoms with Crippen LogP contribution in [0.1, 0.15) is 15.9 Å². The summed E-state index contributed by atoms with van der Waals surface area (Å²) < 4.78 is 13.0. The minimum Gasteiger partial charge on any atom is -0.339 e. The molecule has 8 heteroatoms. The van der Waals surface area contributed by atoms with E-state index in [2.05, 4.69) is 20.2 Å². The van der Waals surface area contributed by atoms with Gasteiger partial charge in [-0.1, -0.05) is 12.1 Å². The molecule has 0 atom stereocenters. The van der Waals surface area contributed by atoms with Gasteiger partial charge in [0.2, 0.25) is 11.9 Å². The van der Waals surface area contributed by atoms with Crippen molar-refractivity contribution in [1.82, 2.24) is 14.9 Å². The lowest BCUT2D eigenvalue weighted by molar-refractivity contribution is -0.130. The van der Waals surface area contributed by atoms with Crippen LogP contribution in [0, 0.1) is 5.82 Å². The number of carbonyl (C=O) groups excluding carboxylic acids is 2. The number of nitrogens with zero attached hydrogens (tertiary/aromatic N) is 4. The molecule has 3 aromatic rings. The first-order valence-electron chi connectivity index (χ1n) is 10.0. The van der Waals surface area contributed by atoms with Crippen molar-refractivity contribution in [1.29, 1.82) is 0 Å². The molecular weight excluding hydrogens is 397 g/mol. The van der Waals surface area contributed by atoms with Crippen molar-refractivity contribution in [2.24, 2.45) is 0 Å². The molecule has 1 aromatic heterocycles. The van der Waals surface area contributed by atoms with E-state index < -0.39 is 0 Å². The minimum atomic E-state index is -0.389. The van der Waals surface area contributed by atoms with Gasteiger partial charge in [0.25, 0.3) is 5.91 Å². The summed E-state index contributed by atoms with van der Waals surface area (Å²) in [7, 11) is 0. The molecule has 31 heavy (non-hydrogen) atoms. The quantitative estimate of drug-likeness (QED) is 0.688. The monoisotopic (exact) mass is 419 g/mol. The van der Waals surface area contributed by atoms with Crippen molar-refractivity contribution < 1.29 is 14.0 Å². The van der Waals surface area contributed by atoms with Crippen LogP contribution in [-0.4, -0.2) is 52.9 Å². The molecule has 1 aliphatic rings. The van der Waals surface area contributed by atoms with Crippen molar-refractivity contribution in [3.63, 3.8) is 0 Å². The van der Waals surface area contributed by atoms with Crippen LogP contribution in [0.15, 0.2) is 67.0 Å². The van der Waals surface area contributed by atoms with Crippen molar-refractivity contribution in [3.05, 3.63) is 83.9 Å². The standard InChI is InChI=1S/C23H22FN5O2/c24-19-6-4-18(5-7-19)22(31)27-20-8-2-17(3-9-20)16-21(30)28-12-14-29(15-13-28)23-25-10-1-11-26-23/h1-11H,12-16H2,(H,27,31). The van der Waals surface area contributed by atoms with E-state index in [1.54, 1.807) is 30.6 Å². The van der Waals surface area contributed by atoms with Gasteiger partial charge in [0.1, 0.15) is 5.82 Å². The molecule has 0 unspecified atom stereocenters. The zero-order valence-corrected chi connectivity index (χ0v) is 16.9. The lowest BCUT2D eigenvalue weighted by atomic mass is 10.1. The average molecular weight is 419 g/mol. The second kappa shape index (κ2) is 9.34. The van der Waals surface area contributed by atoms with Gasteiger partial charge in [-0.05, 0) is 48.0 Å². The third-order valence-corrected chi connectivity index (χ3v) is 5.14. The molecule has 158 valence electrons. The largest absolute Gasteiger partial charge is 0.339 e. The number of amides is 2. The number of hydrogen-bond donors (Lipinski definition) is 1. The minimum absolute atomic E-state index is 0.0664. The van der Waals surface area contributed by atoms with Crippen LogP contribution in [0.2, 0.25) is 0 Å². The first-order chi connectivity index (χ1) is 15.1. The number of hydrogen-bond acceptors (Lipinski definition) is 5. The maximum Gasteiger partial charge on any atom is 0.255 e. The molecule has 0 aliphatic carbocycles. The van der Waals surface area contributed by atoms with Gasteiger partial charge in [-0.3, -0.25) is 9.59 Å². The summed E-state index contributed by atoms with van der Waals surface area (Å²) in [4.78, 5) is 37.3. The van der Waals surface area contributed by atoms with Crippen LogP contribution in [0.4, 0.5) is 16.0 Å². The molecule has 2 aromatic carbocycles. The van der Waals surface area contributed by atoms with E-state index in [-0.39, 0.29) is 17.6 Å². The molecule has 0 radical (unpaired) electrons. The van der Waals surface area contributed by atoms with E-state index in [4.69, 9.17) is 0 Å². The Morgan fingerprint density at radius 2 is 1.55 bits per heavy atom. The number of rotatable bonds is 5. The Labute approximate surface area is 179 Å². The Bertz CT molecular complexity index is 1030. The van der Waals surface area contributed by atoms with Gasteiger partial charge in [-0.2, -0.15) is 0 Å². The summed E-state index contributed by atoms with van der Waals surface area (Å²) in [5.74, 6) is 0.0501. The molecule has 7 nitrogen and oxygen atoms in total. The molecular formula is C23H22FN5O2. The number of halogens is 1. The molecule has 1 saturated heterocycles. The summed E-state index contributed by atoms with van der Waals surface area (Å²) in [6.07, 6.45) is 3.73. The van der Waals surface area contributed by atoms with Crippen LogP contribution in [0.3, 0.4) is 0 Å². The summed E-state index contributed by atoms with van der Waals surface area (Å²) in [6.45, 7) is 2.65. The Balaban J connectivity index is 1.28. The third-order valence-electron chi connectivity index (χ3n) is 5.14.